The maximum absolute atomic E-state index is 12.6. The molecule has 1 fully saturated rings. The van der Waals surface area contributed by atoms with Crippen molar-refractivity contribution in [2.75, 3.05) is 0 Å². The smallest absolute Gasteiger partial charge is 0.251 e. The summed E-state index contributed by atoms with van der Waals surface area (Å²) in [6.45, 7) is 11.0. The Morgan fingerprint density at radius 3 is 2.10 bits per heavy atom. The highest BCUT2D eigenvalue weighted by Crippen LogP contribution is 2.39. The Hall–Kier alpha value is -2.03. The van der Waals surface area contributed by atoms with Gasteiger partial charge in [-0.15, -0.1) is 0 Å². The molecule has 0 atom stereocenters. The van der Waals surface area contributed by atoms with Gasteiger partial charge in [-0.3, -0.25) is 4.79 Å². The summed E-state index contributed by atoms with van der Waals surface area (Å²) in [5.41, 5.74) is 12.7. The zero-order valence-electron chi connectivity index (χ0n) is 19.7. The molecule has 3 nitrogen and oxygen atoms in total. The minimum Gasteiger partial charge on any atom is -0.366 e. The Labute approximate surface area is 183 Å². The van der Waals surface area contributed by atoms with E-state index in [1.54, 1.807) is 0 Å². The lowest BCUT2D eigenvalue weighted by Crippen LogP contribution is -2.17. The molecule has 0 radical (unpaired) electrons. The van der Waals surface area contributed by atoms with Crippen LogP contribution in [-0.4, -0.2) is 10.5 Å². The number of amides is 1. The molecular formula is C27H40N2O. The molecule has 0 bridgehead atoms. The molecule has 1 saturated carbocycles. The topological polar surface area (TPSA) is 48.0 Å². The maximum atomic E-state index is 12.6. The van der Waals surface area contributed by atoms with Gasteiger partial charge in [-0.25, -0.2) is 0 Å². The van der Waals surface area contributed by atoms with Crippen molar-refractivity contribution in [1.29, 1.82) is 0 Å². The highest BCUT2D eigenvalue weighted by Gasteiger charge is 2.28. The van der Waals surface area contributed by atoms with Gasteiger partial charge in [0.1, 0.15) is 0 Å². The van der Waals surface area contributed by atoms with Crippen LogP contribution in [0.4, 0.5) is 0 Å². The van der Waals surface area contributed by atoms with E-state index in [0.717, 1.165) is 35.2 Å². The Kier molecular flexibility index (Phi) is 7.10. The number of carbonyl (C=O) groups excluding carboxylic acids is 1. The average molecular weight is 409 g/mol. The fraction of sp³-hybridized carbons (Fsp3) is 0.593. The highest BCUT2D eigenvalue weighted by molar-refractivity contribution is 6.02. The van der Waals surface area contributed by atoms with Crippen LogP contribution in [0, 0.1) is 6.92 Å². The molecule has 3 rings (SSSR count). The molecule has 30 heavy (non-hydrogen) atoms. The molecule has 0 spiro atoms. The van der Waals surface area contributed by atoms with Crippen molar-refractivity contribution in [3.8, 4) is 11.1 Å². The average Bonchev–Trinajstić information content (AvgIpc) is 2.94. The van der Waals surface area contributed by atoms with E-state index in [0.29, 0.717) is 6.04 Å². The predicted molar refractivity (Wildman–Crippen MR) is 127 cm³/mol. The monoisotopic (exact) mass is 408 g/mol. The Morgan fingerprint density at radius 1 is 1.03 bits per heavy atom. The standard InChI is InChI=1S/C27H40N2O/c1-6-12-23-25(20-15-17-21(18-16-20)27(3,4)5)24(26(28)30)19(2)29(23)22-13-10-8-7-9-11-14-22/h15-18,22H,6-14H2,1-5H3,(H2,28,30). The number of benzene rings is 1. The first-order valence-electron chi connectivity index (χ1n) is 11.9. The molecule has 0 unspecified atom stereocenters. The second-order valence-electron chi connectivity index (χ2n) is 10.1. The summed E-state index contributed by atoms with van der Waals surface area (Å²) >= 11 is 0. The van der Waals surface area contributed by atoms with Crippen LogP contribution in [0.1, 0.15) is 112 Å². The van der Waals surface area contributed by atoms with Crippen LogP contribution < -0.4 is 5.73 Å². The summed E-state index contributed by atoms with van der Waals surface area (Å²) in [4.78, 5) is 12.6. The molecule has 2 N–H and O–H groups in total. The van der Waals surface area contributed by atoms with E-state index in [4.69, 9.17) is 5.73 Å². The van der Waals surface area contributed by atoms with E-state index in [1.165, 1.54) is 56.2 Å². The lowest BCUT2D eigenvalue weighted by Gasteiger charge is -2.26. The molecule has 1 aliphatic rings. The van der Waals surface area contributed by atoms with Gasteiger partial charge in [0.2, 0.25) is 0 Å². The number of nitrogens with two attached hydrogens (primary N) is 1. The lowest BCUT2D eigenvalue weighted by atomic mass is 9.86. The molecule has 1 aromatic carbocycles. The summed E-state index contributed by atoms with van der Waals surface area (Å²) < 4.78 is 2.50. The van der Waals surface area contributed by atoms with Crippen molar-refractivity contribution < 1.29 is 4.79 Å². The molecule has 1 aliphatic carbocycles. The summed E-state index contributed by atoms with van der Waals surface area (Å²) in [5.74, 6) is -0.302. The van der Waals surface area contributed by atoms with Crippen LogP contribution in [0.25, 0.3) is 11.1 Å². The first kappa shape index (κ1) is 22.7. The maximum Gasteiger partial charge on any atom is 0.251 e. The van der Waals surface area contributed by atoms with Crippen molar-refractivity contribution in [3.63, 3.8) is 0 Å². The number of carbonyl (C=O) groups is 1. The van der Waals surface area contributed by atoms with Crippen LogP contribution in [-0.2, 0) is 11.8 Å². The van der Waals surface area contributed by atoms with Gasteiger partial charge in [0.05, 0.1) is 5.56 Å². The number of hydrogen-bond acceptors (Lipinski definition) is 1. The van der Waals surface area contributed by atoms with Gasteiger partial charge in [-0.2, -0.15) is 0 Å². The third kappa shape index (κ3) is 4.66. The third-order valence-electron chi connectivity index (χ3n) is 6.77. The molecule has 3 heteroatoms. The minimum absolute atomic E-state index is 0.109. The van der Waals surface area contributed by atoms with Gasteiger partial charge in [0.15, 0.2) is 0 Å². The van der Waals surface area contributed by atoms with E-state index >= 15 is 0 Å². The first-order chi connectivity index (χ1) is 14.3. The lowest BCUT2D eigenvalue weighted by molar-refractivity contribution is 0.1000. The number of aromatic nitrogens is 1. The Balaban J connectivity index is 2.17. The second-order valence-corrected chi connectivity index (χ2v) is 10.1. The largest absolute Gasteiger partial charge is 0.366 e. The number of hydrogen-bond donors (Lipinski definition) is 1. The highest BCUT2D eigenvalue weighted by atomic mass is 16.1. The zero-order chi connectivity index (χ0) is 21.9. The van der Waals surface area contributed by atoms with Crippen LogP contribution in [0.2, 0.25) is 0 Å². The molecule has 164 valence electrons. The van der Waals surface area contributed by atoms with Gasteiger partial charge in [-0.05, 0) is 42.7 Å². The van der Waals surface area contributed by atoms with Crippen LogP contribution in [0.5, 0.6) is 0 Å². The second kappa shape index (κ2) is 9.41. The third-order valence-corrected chi connectivity index (χ3v) is 6.77. The van der Waals surface area contributed by atoms with Gasteiger partial charge in [-0.1, -0.05) is 90.5 Å². The van der Waals surface area contributed by atoms with E-state index < -0.39 is 0 Å². The van der Waals surface area contributed by atoms with Crippen LogP contribution in [0.15, 0.2) is 24.3 Å². The van der Waals surface area contributed by atoms with E-state index in [9.17, 15) is 4.79 Å². The quantitative estimate of drug-likeness (QED) is 0.563. The Morgan fingerprint density at radius 2 is 1.60 bits per heavy atom. The SMILES string of the molecule is CCCc1c(-c2ccc(C(C)(C)C)cc2)c(C(N)=O)c(C)n1C1CCCCCCC1. The molecular weight excluding hydrogens is 368 g/mol. The fourth-order valence-electron chi connectivity index (χ4n) is 5.19. The van der Waals surface area contributed by atoms with Crippen molar-refractivity contribution in [2.24, 2.45) is 5.73 Å². The molecule has 0 aliphatic heterocycles. The van der Waals surface area contributed by atoms with Crippen molar-refractivity contribution in [3.05, 3.63) is 46.8 Å². The van der Waals surface area contributed by atoms with Crippen molar-refractivity contribution in [2.45, 2.75) is 104 Å². The summed E-state index contributed by atoms with van der Waals surface area (Å²) in [6, 6.07) is 9.26. The van der Waals surface area contributed by atoms with E-state index in [1.807, 2.05) is 0 Å². The molecule has 1 amide bonds. The van der Waals surface area contributed by atoms with Gasteiger partial charge >= 0.3 is 0 Å². The normalized spacial score (nSPS) is 16.3. The number of nitrogens with zero attached hydrogens (tertiary/aromatic N) is 1. The molecule has 2 aromatic rings. The van der Waals surface area contributed by atoms with Gasteiger partial charge in [0, 0.05) is 23.0 Å². The summed E-state index contributed by atoms with van der Waals surface area (Å²) in [6.07, 6.45) is 11.0. The molecule has 1 heterocycles. The van der Waals surface area contributed by atoms with Gasteiger partial charge in [0.25, 0.3) is 5.91 Å². The van der Waals surface area contributed by atoms with Crippen LogP contribution >= 0.6 is 0 Å². The zero-order valence-corrected chi connectivity index (χ0v) is 19.7. The summed E-state index contributed by atoms with van der Waals surface area (Å²) in [5, 5.41) is 0. The first-order valence-corrected chi connectivity index (χ1v) is 11.9. The predicted octanol–water partition coefficient (Wildman–Crippen LogP) is 7.10. The number of primary amides is 1. The Bertz CT molecular complexity index is 860. The van der Waals surface area contributed by atoms with Gasteiger partial charge < -0.3 is 10.3 Å². The van der Waals surface area contributed by atoms with E-state index in [2.05, 4.69) is 63.5 Å². The number of rotatable bonds is 5. The fourth-order valence-corrected chi connectivity index (χ4v) is 5.19. The van der Waals surface area contributed by atoms with E-state index in [-0.39, 0.29) is 11.3 Å². The molecule has 0 saturated heterocycles. The van der Waals surface area contributed by atoms with Crippen molar-refractivity contribution >= 4 is 5.91 Å². The summed E-state index contributed by atoms with van der Waals surface area (Å²) in [7, 11) is 0. The van der Waals surface area contributed by atoms with Crippen molar-refractivity contribution in [1.82, 2.24) is 4.57 Å². The van der Waals surface area contributed by atoms with Crippen LogP contribution in [0.3, 0.4) is 0 Å². The molecule has 1 aromatic heterocycles. The minimum atomic E-state index is -0.302.